The standard InChI is InChI=1S/C9H10N2O/c1-3-4-11-7-9(6-10-11)5-8(2)12/h1,6-7H,4-5H2,2H3. The van der Waals surface area contributed by atoms with Gasteiger partial charge in [-0.2, -0.15) is 5.10 Å². The molecule has 0 radical (unpaired) electrons. The SMILES string of the molecule is C#CCn1cc(CC(C)=O)cn1. The lowest BCUT2D eigenvalue weighted by Crippen LogP contribution is -1.96. The van der Waals surface area contributed by atoms with E-state index >= 15 is 0 Å². The summed E-state index contributed by atoms with van der Waals surface area (Å²) in [5.41, 5.74) is 0.915. The van der Waals surface area contributed by atoms with Crippen molar-refractivity contribution < 1.29 is 4.79 Å². The van der Waals surface area contributed by atoms with Crippen molar-refractivity contribution in [3.8, 4) is 12.3 Å². The molecule has 3 heteroatoms. The van der Waals surface area contributed by atoms with Gasteiger partial charge in [0.15, 0.2) is 0 Å². The van der Waals surface area contributed by atoms with E-state index in [1.165, 1.54) is 0 Å². The van der Waals surface area contributed by atoms with Crippen LogP contribution in [-0.2, 0) is 17.8 Å². The second kappa shape index (κ2) is 3.72. The maximum absolute atomic E-state index is 10.7. The summed E-state index contributed by atoms with van der Waals surface area (Å²) >= 11 is 0. The minimum Gasteiger partial charge on any atom is -0.300 e. The van der Waals surface area contributed by atoms with E-state index in [0.717, 1.165) is 5.56 Å². The maximum atomic E-state index is 10.7. The highest BCUT2D eigenvalue weighted by Crippen LogP contribution is 1.98. The number of ketones is 1. The van der Waals surface area contributed by atoms with E-state index in [1.54, 1.807) is 24.0 Å². The molecule has 0 bridgehead atoms. The normalized spacial score (nSPS) is 9.33. The molecule has 0 spiro atoms. The number of hydrogen-bond donors (Lipinski definition) is 0. The molecule has 0 unspecified atom stereocenters. The van der Waals surface area contributed by atoms with Crippen LogP contribution in [0.15, 0.2) is 12.4 Å². The molecule has 0 aromatic carbocycles. The zero-order valence-corrected chi connectivity index (χ0v) is 6.95. The fourth-order valence-electron chi connectivity index (χ4n) is 0.965. The fourth-order valence-corrected chi connectivity index (χ4v) is 0.965. The van der Waals surface area contributed by atoms with Crippen molar-refractivity contribution in [2.75, 3.05) is 0 Å². The first-order valence-corrected chi connectivity index (χ1v) is 3.66. The molecule has 12 heavy (non-hydrogen) atoms. The molecular weight excluding hydrogens is 152 g/mol. The quantitative estimate of drug-likeness (QED) is 0.611. The van der Waals surface area contributed by atoms with Crippen molar-refractivity contribution in [3.05, 3.63) is 18.0 Å². The average Bonchev–Trinajstić information content (AvgIpc) is 2.36. The van der Waals surface area contributed by atoms with Gasteiger partial charge in [-0.1, -0.05) is 5.92 Å². The van der Waals surface area contributed by atoms with E-state index in [-0.39, 0.29) is 5.78 Å². The number of aromatic nitrogens is 2. The molecule has 3 nitrogen and oxygen atoms in total. The lowest BCUT2D eigenvalue weighted by molar-refractivity contribution is -0.116. The predicted octanol–water partition coefficient (Wildman–Crippen LogP) is 0.648. The monoisotopic (exact) mass is 162 g/mol. The van der Waals surface area contributed by atoms with Gasteiger partial charge in [-0.3, -0.25) is 9.48 Å². The van der Waals surface area contributed by atoms with Crippen molar-refractivity contribution in [1.29, 1.82) is 0 Å². The average molecular weight is 162 g/mol. The second-order valence-corrected chi connectivity index (χ2v) is 2.63. The summed E-state index contributed by atoms with van der Waals surface area (Å²) in [7, 11) is 0. The van der Waals surface area contributed by atoms with Gasteiger partial charge >= 0.3 is 0 Å². The zero-order chi connectivity index (χ0) is 8.97. The summed E-state index contributed by atoms with van der Waals surface area (Å²) in [4.78, 5) is 10.7. The van der Waals surface area contributed by atoms with Crippen molar-refractivity contribution in [1.82, 2.24) is 9.78 Å². The Balaban J connectivity index is 2.65. The van der Waals surface area contributed by atoms with Crippen molar-refractivity contribution >= 4 is 5.78 Å². The third-order valence-corrected chi connectivity index (χ3v) is 1.39. The molecule has 0 atom stereocenters. The van der Waals surface area contributed by atoms with Crippen LogP contribution < -0.4 is 0 Å². The molecule has 1 rings (SSSR count). The van der Waals surface area contributed by atoms with Crippen LogP contribution in [-0.4, -0.2) is 15.6 Å². The first-order valence-electron chi connectivity index (χ1n) is 3.66. The fraction of sp³-hybridized carbons (Fsp3) is 0.333. The van der Waals surface area contributed by atoms with Gasteiger partial charge in [0.1, 0.15) is 12.3 Å². The van der Waals surface area contributed by atoms with Gasteiger partial charge in [0.25, 0.3) is 0 Å². The van der Waals surface area contributed by atoms with Gasteiger partial charge in [-0.15, -0.1) is 6.42 Å². The van der Waals surface area contributed by atoms with Gasteiger partial charge in [0.05, 0.1) is 6.20 Å². The maximum Gasteiger partial charge on any atom is 0.134 e. The van der Waals surface area contributed by atoms with Crippen LogP contribution in [0, 0.1) is 12.3 Å². The molecule has 0 N–H and O–H groups in total. The highest BCUT2D eigenvalue weighted by Gasteiger charge is 1.99. The zero-order valence-electron chi connectivity index (χ0n) is 6.95. The highest BCUT2D eigenvalue weighted by molar-refractivity contribution is 5.77. The second-order valence-electron chi connectivity index (χ2n) is 2.63. The van der Waals surface area contributed by atoms with E-state index in [0.29, 0.717) is 13.0 Å². The van der Waals surface area contributed by atoms with Crippen LogP contribution >= 0.6 is 0 Å². The first-order chi connectivity index (χ1) is 5.72. The van der Waals surface area contributed by atoms with Gasteiger partial charge in [0.2, 0.25) is 0 Å². The van der Waals surface area contributed by atoms with Gasteiger partial charge in [-0.05, 0) is 12.5 Å². The van der Waals surface area contributed by atoms with Gasteiger partial charge in [0, 0.05) is 12.6 Å². The van der Waals surface area contributed by atoms with Crippen molar-refractivity contribution in [2.45, 2.75) is 19.9 Å². The Morgan fingerprint density at radius 3 is 3.17 bits per heavy atom. The van der Waals surface area contributed by atoms with E-state index in [9.17, 15) is 4.79 Å². The number of nitrogens with zero attached hydrogens (tertiary/aromatic N) is 2. The van der Waals surface area contributed by atoms with Crippen LogP contribution in [0.3, 0.4) is 0 Å². The smallest absolute Gasteiger partial charge is 0.134 e. The third kappa shape index (κ3) is 2.24. The van der Waals surface area contributed by atoms with E-state index in [4.69, 9.17) is 6.42 Å². The number of Topliss-reactive ketones (excluding diaryl/α,β-unsaturated/α-hetero) is 1. The Labute approximate surface area is 71.4 Å². The van der Waals surface area contributed by atoms with E-state index in [2.05, 4.69) is 11.0 Å². The molecule has 0 amide bonds. The molecule has 1 heterocycles. The lowest BCUT2D eigenvalue weighted by atomic mass is 10.2. The van der Waals surface area contributed by atoms with E-state index in [1.807, 2.05) is 0 Å². The third-order valence-electron chi connectivity index (χ3n) is 1.39. The molecule has 62 valence electrons. The van der Waals surface area contributed by atoms with Crippen LogP contribution in [0.5, 0.6) is 0 Å². The molecule has 0 aliphatic rings. The Hall–Kier alpha value is -1.56. The molecule has 0 aliphatic heterocycles. The number of carbonyl (C=O) groups is 1. The van der Waals surface area contributed by atoms with Crippen LogP contribution in [0.4, 0.5) is 0 Å². The highest BCUT2D eigenvalue weighted by atomic mass is 16.1. The molecular formula is C9H10N2O. The van der Waals surface area contributed by atoms with Crippen molar-refractivity contribution in [3.63, 3.8) is 0 Å². The number of rotatable bonds is 3. The molecule has 0 saturated carbocycles. The first kappa shape index (κ1) is 8.54. The minimum atomic E-state index is 0.134. The minimum absolute atomic E-state index is 0.134. The van der Waals surface area contributed by atoms with Crippen LogP contribution in [0.2, 0.25) is 0 Å². The summed E-state index contributed by atoms with van der Waals surface area (Å²) in [6.07, 6.45) is 8.99. The lowest BCUT2D eigenvalue weighted by Gasteiger charge is -1.90. The number of carbonyl (C=O) groups excluding carboxylic acids is 1. The number of hydrogen-bond acceptors (Lipinski definition) is 2. The summed E-state index contributed by atoms with van der Waals surface area (Å²) < 4.78 is 1.64. The molecule has 0 aliphatic carbocycles. The topological polar surface area (TPSA) is 34.9 Å². The molecule has 0 saturated heterocycles. The Morgan fingerprint density at radius 1 is 1.83 bits per heavy atom. The number of terminal acetylenes is 1. The van der Waals surface area contributed by atoms with Gasteiger partial charge in [-0.25, -0.2) is 0 Å². The van der Waals surface area contributed by atoms with Gasteiger partial charge < -0.3 is 0 Å². The Kier molecular flexibility index (Phi) is 2.65. The Bertz CT molecular complexity index is 320. The van der Waals surface area contributed by atoms with Crippen molar-refractivity contribution in [2.24, 2.45) is 0 Å². The van der Waals surface area contributed by atoms with Crippen LogP contribution in [0.1, 0.15) is 12.5 Å². The summed E-state index contributed by atoms with van der Waals surface area (Å²) in [5, 5.41) is 3.98. The summed E-state index contributed by atoms with van der Waals surface area (Å²) in [6, 6.07) is 0. The predicted molar refractivity (Wildman–Crippen MR) is 45.4 cm³/mol. The Morgan fingerprint density at radius 2 is 2.58 bits per heavy atom. The molecule has 0 fully saturated rings. The molecule has 1 aromatic heterocycles. The molecule has 1 aromatic rings. The largest absolute Gasteiger partial charge is 0.300 e. The van der Waals surface area contributed by atoms with Crippen LogP contribution in [0.25, 0.3) is 0 Å². The summed E-state index contributed by atoms with van der Waals surface area (Å²) in [5.74, 6) is 2.60. The van der Waals surface area contributed by atoms with E-state index < -0.39 is 0 Å². The summed E-state index contributed by atoms with van der Waals surface area (Å²) in [6.45, 7) is 2.01.